The Kier molecular flexibility index (Phi) is 6.43. The molecule has 1 aromatic carbocycles. The van der Waals surface area contributed by atoms with Crippen molar-refractivity contribution in [3.63, 3.8) is 0 Å². The zero-order chi connectivity index (χ0) is 22.9. The van der Waals surface area contributed by atoms with Gasteiger partial charge in [0, 0.05) is 26.2 Å². The Labute approximate surface area is 178 Å². The number of rotatable bonds is 6. The lowest BCUT2D eigenvalue weighted by molar-refractivity contribution is 0.0941. The molecule has 1 aliphatic heterocycles. The van der Waals surface area contributed by atoms with Crippen molar-refractivity contribution in [2.24, 2.45) is 7.05 Å². The summed E-state index contributed by atoms with van der Waals surface area (Å²) in [6.45, 7) is 0.440. The van der Waals surface area contributed by atoms with Gasteiger partial charge in [-0.25, -0.2) is 22.5 Å². The van der Waals surface area contributed by atoms with Crippen LogP contribution >= 0.6 is 0 Å². The highest BCUT2D eigenvalue weighted by Crippen LogP contribution is 2.30. The number of hydrogen-bond acceptors (Lipinski definition) is 7. The van der Waals surface area contributed by atoms with Gasteiger partial charge in [0.2, 0.25) is 15.8 Å². The standard InChI is InChI=1S/C19H24FN5O5S/c1-24-10-13(23-31(3,29)30)8-14(24)17-22-15(16(26)19(28)25(17)2)18(27)21-9-11-4-6-12(20)7-5-11/h4-7,13-14,23,26H,8-10H2,1-3H3,(H,21,27)/t13-,14?/m0/s1. The maximum absolute atomic E-state index is 13.0. The van der Waals surface area contributed by atoms with Crippen molar-refractivity contribution in [3.8, 4) is 5.75 Å². The summed E-state index contributed by atoms with van der Waals surface area (Å²) in [5.41, 5.74) is -0.582. The maximum Gasteiger partial charge on any atom is 0.296 e. The van der Waals surface area contributed by atoms with Crippen LogP contribution in [0.15, 0.2) is 29.1 Å². The van der Waals surface area contributed by atoms with Crippen LogP contribution in [0.4, 0.5) is 4.39 Å². The van der Waals surface area contributed by atoms with E-state index in [0.29, 0.717) is 18.5 Å². The average molecular weight is 453 g/mol. The van der Waals surface area contributed by atoms with E-state index in [1.54, 1.807) is 7.05 Å². The zero-order valence-electron chi connectivity index (χ0n) is 17.3. The van der Waals surface area contributed by atoms with Crippen molar-refractivity contribution in [2.45, 2.75) is 25.0 Å². The Morgan fingerprint density at radius 1 is 1.29 bits per heavy atom. The molecule has 3 N–H and O–H groups in total. The van der Waals surface area contributed by atoms with E-state index in [9.17, 15) is 27.5 Å². The van der Waals surface area contributed by atoms with E-state index < -0.39 is 44.8 Å². The fourth-order valence-electron chi connectivity index (χ4n) is 3.62. The lowest BCUT2D eigenvalue weighted by Gasteiger charge is -2.21. The lowest BCUT2D eigenvalue weighted by atomic mass is 10.1. The number of sulfonamides is 1. The van der Waals surface area contributed by atoms with Gasteiger partial charge in [-0.15, -0.1) is 0 Å². The van der Waals surface area contributed by atoms with Crippen molar-refractivity contribution in [3.05, 3.63) is 57.5 Å². The first-order valence-corrected chi connectivity index (χ1v) is 11.4. The van der Waals surface area contributed by atoms with Crippen LogP contribution in [0.3, 0.4) is 0 Å². The number of nitrogens with zero attached hydrogens (tertiary/aromatic N) is 3. The highest BCUT2D eigenvalue weighted by atomic mass is 32.2. The van der Waals surface area contributed by atoms with Gasteiger partial charge in [0.1, 0.15) is 11.6 Å². The molecular weight excluding hydrogens is 429 g/mol. The minimum atomic E-state index is -3.41. The number of carbonyl (C=O) groups is 1. The SMILES string of the molecule is CN1C[C@@H](NS(C)(=O)=O)CC1c1nc(C(=O)NCc2ccc(F)cc2)c(O)c(=O)n1C. The fourth-order valence-corrected chi connectivity index (χ4v) is 4.40. The lowest BCUT2D eigenvalue weighted by Crippen LogP contribution is -2.35. The number of hydrogen-bond donors (Lipinski definition) is 3. The molecule has 1 aromatic heterocycles. The van der Waals surface area contributed by atoms with Gasteiger partial charge in [-0.3, -0.25) is 19.1 Å². The van der Waals surface area contributed by atoms with E-state index in [1.165, 1.54) is 31.3 Å². The summed E-state index contributed by atoms with van der Waals surface area (Å²) >= 11 is 0. The Hall–Kier alpha value is -2.83. The fraction of sp³-hybridized carbons (Fsp3) is 0.421. The van der Waals surface area contributed by atoms with Gasteiger partial charge in [0.15, 0.2) is 5.69 Å². The second-order valence-electron chi connectivity index (χ2n) is 7.62. The third-order valence-corrected chi connectivity index (χ3v) is 5.87. The van der Waals surface area contributed by atoms with Gasteiger partial charge < -0.3 is 10.4 Å². The van der Waals surface area contributed by atoms with Gasteiger partial charge in [-0.2, -0.15) is 0 Å². The molecule has 0 bridgehead atoms. The van der Waals surface area contributed by atoms with Gasteiger partial charge in [0.25, 0.3) is 11.5 Å². The molecule has 12 heteroatoms. The molecule has 2 atom stereocenters. The van der Waals surface area contributed by atoms with Crippen LogP contribution in [-0.2, 0) is 23.6 Å². The number of benzene rings is 1. The number of amides is 1. The van der Waals surface area contributed by atoms with Crippen molar-refractivity contribution in [1.82, 2.24) is 24.5 Å². The van der Waals surface area contributed by atoms with E-state index in [4.69, 9.17) is 0 Å². The van der Waals surface area contributed by atoms with Crippen LogP contribution in [-0.4, -0.2) is 59.8 Å². The monoisotopic (exact) mass is 453 g/mol. The number of halogens is 1. The zero-order valence-corrected chi connectivity index (χ0v) is 18.1. The predicted molar refractivity (Wildman–Crippen MR) is 110 cm³/mol. The third kappa shape index (κ3) is 5.27. The minimum Gasteiger partial charge on any atom is -0.501 e. The van der Waals surface area contributed by atoms with Crippen LogP contribution in [0.5, 0.6) is 5.75 Å². The molecule has 10 nitrogen and oxygen atoms in total. The molecule has 0 spiro atoms. The molecule has 0 radical (unpaired) electrons. The Morgan fingerprint density at radius 2 is 1.94 bits per heavy atom. The molecule has 168 valence electrons. The van der Waals surface area contributed by atoms with Gasteiger partial charge in [-0.05, 0) is 31.2 Å². The summed E-state index contributed by atoms with van der Waals surface area (Å²) in [4.78, 5) is 31.2. The summed E-state index contributed by atoms with van der Waals surface area (Å²) in [5.74, 6) is -1.72. The van der Waals surface area contributed by atoms with Crippen molar-refractivity contribution in [1.29, 1.82) is 0 Å². The Bertz CT molecular complexity index is 1150. The van der Waals surface area contributed by atoms with E-state index >= 15 is 0 Å². The van der Waals surface area contributed by atoms with E-state index in [2.05, 4.69) is 15.0 Å². The van der Waals surface area contributed by atoms with Crippen LogP contribution in [0.2, 0.25) is 0 Å². The predicted octanol–water partition coefficient (Wildman–Crippen LogP) is -0.151. The molecule has 0 aliphatic carbocycles. The van der Waals surface area contributed by atoms with E-state index in [0.717, 1.165) is 10.8 Å². The molecule has 2 aromatic rings. The molecule has 1 amide bonds. The molecule has 0 saturated carbocycles. The van der Waals surface area contributed by atoms with Crippen LogP contribution in [0, 0.1) is 5.82 Å². The van der Waals surface area contributed by atoms with E-state index in [-0.39, 0.29) is 18.4 Å². The average Bonchev–Trinajstić information content (AvgIpc) is 3.03. The quantitative estimate of drug-likeness (QED) is 0.554. The minimum absolute atomic E-state index is 0.0501. The molecule has 31 heavy (non-hydrogen) atoms. The van der Waals surface area contributed by atoms with Crippen molar-refractivity contribution >= 4 is 15.9 Å². The number of likely N-dealkylation sites (tertiary alicyclic amines) is 1. The first-order valence-electron chi connectivity index (χ1n) is 9.46. The van der Waals surface area contributed by atoms with Gasteiger partial charge >= 0.3 is 0 Å². The van der Waals surface area contributed by atoms with Crippen molar-refractivity contribution in [2.75, 3.05) is 19.8 Å². The molecule has 1 unspecified atom stereocenters. The Morgan fingerprint density at radius 3 is 2.55 bits per heavy atom. The summed E-state index contributed by atoms with van der Waals surface area (Å²) in [6, 6.07) is 4.68. The molecule has 1 fully saturated rings. The number of aromatic hydroxyl groups is 1. The highest BCUT2D eigenvalue weighted by molar-refractivity contribution is 7.88. The first-order chi connectivity index (χ1) is 14.5. The number of carbonyl (C=O) groups excluding carboxylic acids is 1. The van der Waals surface area contributed by atoms with Gasteiger partial charge in [0.05, 0.1) is 12.3 Å². The van der Waals surface area contributed by atoms with E-state index in [1.807, 2.05) is 4.90 Å². The number of nitrogens with one attached hydrogen (secondary N) is 2. The number of aromatic nitrogens is 2. The summed E-state index contributed by atoms with van der Waals surface area (Å²) < 4.78 is 39.8. The van der Waals surface area contributed by atoms with Gasteiger partial charge in [-0.1, -0.05) is 12.1 Å². The molecule has 3 rings (SSSR count). The number of likely N-dealkylation sites (N-methyl/N-ethyl adjacent to an activating group) is 1. The van der Waals surface area contributed by atoms with Crippen LogP contribution in [0.1, 0.15) is 34.3 Å². The first kappa shape index (κ1) is 22.8. The molecule has 1 aliphatic rings. The second-order valence-corrected chi connectivity index (χ2v) is 9.40. The molecule has 1 saturated heterocycles. The third-order valence-electron chi connectivity index (χ3n) is 5.11. The largest absolute Gasteiger partial charge is 0.501 e. The summed E-state index contributed by atoms with van der Waals surface area (Å²) in [7, 11) is -0.235. The van der Waals surface area contributed by atoms with Crippen LogP contribution in [0.25, 0.3) is 0 Å². The normalized spacial score (nSPS) is 19.5. The van der Waals surface area contributed by atoms with Crippen molar-refractivity contribution < 1.29 is 22.7 Å². The molecule has 2 heterocycles. The highest BCUT2D eigenvalue weighted by Gasteiger charge is 2.35. The van der Waals surface area contributed by atoms with Crippen LogP contribution < -0.4 is 15.6 Å². The Balaban J connectivity index is 1.85. The topological polar surface area (TPSA) is 134 Å². The maximum atomic E-state index is 13.0. The summed E-state index contributed by atoms with van der Waals surface area (Å²) in [5, 5.41) is 12.8. The summed E-state index contributed by atoms with van der Waals surface area (Å²) in [6.07, 6.45) is 1.41. The smallest absolute Gasteiger partial charge is 0.296 e. The second kappa shape index (κ2) is 8.73. The molecular formula is C19H24FN5O5S.